The molecule has 0 aliphatic carbocycles. The number of carbonyl (C=O) groups is 1. The van der Waals surface area contributed by atoms with E-state index in [1.165, 1.54) is 15.8 Å². The first-order valence-corrected chi connectivity index (χ1v) is 8.08. The highest BCUT2D eigenvalue weighted by Gasteiger charge is 2.43. The monoisotopic (exact) mass is 288 g/mol. The van der Waals surface area contributed by atoms with E-state index in [4.69, 9.17) is 0 Å². The van der Waals surface area contributed by atoms with Crippen LogP contribution in [0.4, 0.5) is 0 Å². The number of fused-ring (bicyclic) bond motifs is 6. The summed E-state index contributed by atoms with van der Waals surface area (Å²) in [5.74, 6) is -0.269. The number of benzene rings is 1. The summed E-state index contributed by atoms with van der Waals surface area (Å²) in [4.78, 5) is 18.3. The molecule has 3 heterocycles. The Balaban J connectivity index is 1.99. The number of H-pyrrole nitrogens is 1. The third-order valence-corrected chi connectivity index (χ3v) is 5.30. The molecule has 1 aromatic heterocycles. The minimum Gasteiger partial charge on any atom is -0.480 e. The fourth-order valence-electron chi connectivity index (χ4n) is 3.71. The molecule has 4 nitrogen and oxygen atoms in total. The van der Waals surface area contributed by atoms with Gasteiger partial charge in [-0.25, -0.2) is 0 Å². The molecule has 0 radical (unpaired) electrons. The summed E-state index contributed by atoms with van der Waals surface area (Å²) in [7, 11) is 0. The highest BCUT2D eigenvalue weighted by Crippen LogP contribution is 2.46. The van der Waals surface area contributed by atoms with Crippen LogP contribution in [0.25, 0.3) is 10.9 Å². The third-order valence-electron chi connectivity index (χ3n) is 4.58. The zero-order valence-electron chi connectivity index (χ0n) is 11.2. The molecule has 0 amide bonds. The molecule has 3 unspecified atom stereocenters. The number of nitrogens with one attached hydrogen (secondary N) is 1. The van der Waals surface area contributed by atoms with Gasteiger partial charge in [-0.2, -0.15) is 0 Å². The van der Waals surface area contributed by atoms with Gasteiger partial charge >= 0.3 is 5.97 Å². The maximum absolute atomic E-state index is 11.6. The molecule has 1 aromatic carbocycles. The number of aromatic amines is 1. The Morgan fingerprint density at radius 1 is 1.50 bits per heavy atom. The Morgan fingerprint density at radius 2 is 2.35 bits per heavy atom. The van der Waals surface area contributed by atoms with E-state index in [9.17, 15) is 9.90 Å². The Labute approximate surface area is 121 Å². The van der Waals surface area contributed by atoms with Crippen LogP contribution in [0.2, 0.25) is 0 Å². The second-order valence-corrected chi connectivity index (χ2v) is 6.46. The molecular weight excluding hydrogens is 272 g/mol. The molecule has 2 aliphatic rings. The van der Waals surface area contributed by atoms with Crippen LogP contribution in [-0.2, 0) is 4.79 Å². The Morgan fingerprint density at radius 3 is 3.10 bits per heavy atom. The number of carboxylic acids is 1. The van der Waals surface area contributed by atoms with Gasteiger partial charge in [-0.3, -0.25) is 9.69 Å². The predicted octanol–water partition coefficient (Wildman–Crippen LogP) is 2.82. The van der Waals surface area contributed by atoms with Crippen LogP contribution >= 0.6 is 11.8 Å². The topological polar surface area (TPSA) is 56.3 Å². The van der Waals surface area contributed by atoms with Crippen LogP contribution in [0.1, 0.15) is 29.6 Å². The van der Waals surface area contributed by atoms with E-state index < -0.39 is 12.0 Å². The zero-order valence-corrected chi connectivity index (χ0v) is 12.0. The fourth-order valence-corrected chi connectivity index (χ4v) is 4.15. The SMILES string of the molecule is CSc1ccc2[nH]c3c(c2c1)C1CCN(C1)C3C(=O)O. The van der Waals surface area contributed by atoms with Crippen molar-refractivity contribution in [2.45, 2.75) is 23.3 Å². The standard InChI is InChI=1S/C15H16N2O2S/c1-20-9-2-3-11-10(6-9)12-8-4-5-17(7-8)14(15(18)19)13(12)16-11/h2-3,6,8,14,16H,4-5,7H2,1H3,(H,18,19). The second-order valence-electron chi connectivity index (χ2n) is 5.59. The molecule has 0 saturated carbocycles. The molecule has 4 rings (SSSR count). The summed E-state index contributed by atoms with van der Waals surface area (Å²) in [6.07, 6.45) is 3.13. The molecule has 5 heteroatoms. The number of hydrogen-bond donors (Lipinski definition) is 2. The second kappa shape index (κ2) is 4.27. The van der Waals surface area contributed by atoms with Crippen molar-refractivity contribution in [3.8, 4) is 0 Å². The van der Waals surface area contributed by atoms with E-state index >= 15 is 0 Å². The number of thioether (sulfide) groups is 1. The summed E-state index contributed by atoms with van der Waals surface area (Å²) in [6, 6.07) is 5.85. The summed E-state index contributed by atoms with van der Waals surface area (Å²) in [5.41, 5.74) is 3.21. The van der Waals surface area contributed by atoms with Crippen LogP contribution < -0.4 is 0 Å². The van der Waals surface area contributed by atoms with Crippen LogP contribution in [0, 0.1) is 0 Å². The number of rotatable bonds is 2. The molecule has 2 aromatic rings. The van der Waals surface area contributed by atoms with E-state index in [-0.39, 0.29) is 0 Å². The highest BCUT2D eigenvalue weighted by atomic mass is 32.2. The maximum atomic E-state index is 11.6. The molecule has 2 N–H and O–H groups in total. The van der Waals surface area contributed by atoms with Gasteiger partial charge in [0.15, 0.2) is 0 Å². The average Bonchev–Trinajstić information content (AvgIpc) is 3.00. The summed E-state index contributed by atoms with van der Waals surface area (Å²) in [5, 5.41) is 10.8. The van der Waals surface area contributed by atoms with Gasteiger partial charge in [-0.15, -0.1) is 11.8 Å². The lowest BCUT2D eigenvalue weighted by Gasteiger charge is -2.29. The average molecular weight is 288 g/mol. The first kappa shape index (κ1) is 12.3. The minimum atomic E-state index is -0.747. The molecule has 2 aliphatic heterocycles. The maximum Gasteiger partial charge on any atom is 0.327 e. The molecular formula is C15H16N2O2S. The lowest BCUT2D eigenvalue weighted by atomic mass is 9.90. The van der Waals surface area contributed by atoms with Crippen molar-refractivity contribution in [1.29, 1.82) is 0 Å². The van der Waals surface area contributed by atoms with Crippen molar-refractivity contribution in [3.63, 3.8) is 0 Å². The van der Waals surface area contributed by atoms with Gasteiger partial charge < -0.3 is 10.1 Å². The van der Waals surface area contributed by atoms with Gasteiger partial charge in [0.2, 0.25) is 0 Å². The molecule has 2 bridgehead atoms. The van der Waals surface area contributed by atoms with Gasteiger partial charge in [0.1, 0.15) is 6.04 Å². The lowest BCUT2D eigenvalue weighted by Crippen LogP contribution is -2.35. The first-order chi connectivity index (χ1) is 9.69. The number of aliphatic carboxylic acids is 1. The van der Waals surface area contributed by atoms with E-state index in [0.717, 1.165) is 30.7 Å². The van der Waals surface area contributed by atoms with E-state index in [2.05, 4.69) is 34.3 Å². The quantitative estimate of drug-likeness (QED) is 0.834. The molecule has 0 spiro atoms. The lowest BCUT2D eigenvalue weighted by molar-refractivity contribution is -0.143. The normalized spacial score (nSPS) is 27.8. The van der Waals surface area contributed by atoms with Crippen molar-refractivity contribution in [3.05, 3.63) is 29.5 Å². The van der Waals surface area contributed by atoms with E-state index in [0.29, 0.717) is 5.92 Å². The van der Waals surface area contributed by atoms with Crippen LogP contribution in [0.3, 0.4) is 0 Å². The molecule has 104 valence electrons. The van der Waals surface area contributed by atoms with Gasteiger partial charge in [-0.05, 0) is 43.0 Å². The predicted molar refractivity (Wildman–Crippen MR) is 79.4 cm³/mol. The minimum absolute atomic E-state index is 0.478. The van der Waals surface area contributed by atoms with Gasteiger partial charge in [0.25, 0.3) is 0 Å². The molecule has 20 heavy (non-hydrogen) atoms. The van der Waals surface area contributed by atoms with Crippen molar-refractivity contribution < 1.29 is 9.90 Å². The number of carboxylic acid groups (broad SMARTS) is 1. The zero-order chi connectivity index (χ0) is 13.9. The number of hydrogen-bond acceptors (Lipinski definition) is 3. The van der Waals surface area contributed by atoms with Crippen LogP contribution in [0.15, 0.2) is 23.1 Å². The Hall–Kier alpha value is -1.46. The molecule has 1 saturated heterocycles. The van der Waals surface area contributed by atoms with Gasteiger partial charge in [-0.1, -0.05) is 0 Å². The molecule has 1 fully saturated rings. The third kappa shape index (κ3) is 1.56. The Bertz CT molecular complexity index is 709. The van der Waals surface area contributed by atoms with Gasteiger partial charge in [0.05, 0.1) is 0 Å². The smallest absolute Gasteiger partial charge is 0.327 e. The van der Waals surface area contributed by atoms with E-state index in [1.807, 2.05) is 0 Å². The summed E-state index contributed by atoms with van der Waals surface area (Å²) < 4.78 is 0. The van der Waals surface area contributed by atoms with Crippen molar-refractivity contribution in [2.24, 2.45) is 0 Å². The molecule has 3 atom stereocenters. The van der Waals surface area contributed by atoms with Crippen molar-refractivity contribution >= 4 is 28.6 Å². The van der Waals surface area contributed by atoms with Crippen molar-refractivity contribution in [2.75, 3.05) is 19.3 Å². The summed E-state index contributed by atoms with van der Waals surface area (Å²) in [6.45, 7) is 1.76. The number of nitrogens with zero attached hydrogens (tertiary/aromatic N) is 1. The largest absolute Gasteiger partial charge is 0.480 e. The van der Waals surface area contributed by atoms with Gasteiger partial charge in [0, 0.05) is 34.0 Å². The number of aromatic nitrogens is 1. The van der Waals surface area contributed by atoms with E-state index in [1.54, 1.807) is 11.8 Å². The first-order valence-electron chi connectivity index (χ1n) is 6.85. The van der Waals surface area contributed by atoms with Crippen LogP contribution in [0.5, 0.6) is 0 Å². The summed E-state index contributed by atoms with van der Waals surface area (Å²) >= 11 is 1.72. The highest BCUT2D eigenvalue weighted by molar-refractivity contribution is 7.98. The van der Waals surface area contributed by atoms with Crippen LogP contribution in [-0.4, -0.2) is 40.3 Å². The fraction of sp³-hybridized carbons (Fsp3) is 0.400. The van der Waals surface area contributed by atoms with Crippen molar-refractivity contribution in [1.82, 2.24) is 9.88 Å². The Kier molecular flexibility index (Phi) is 2.62.